The fourth-order valence-electron chi connectivity index (χ4n) is 0.922. The maximum Gasteiger partial charge on any atom is 0.300 e. The van der Waals surface area contributed by atoms with E-state index in [9.17, 15) is 13.5 Å². The van der Waals surface area contributed by atoms with Gasteiger partial charge in [-0.05, 0) is 19.1 Å². The van der Waals surface area contributed by atoms with E-state index >= 15 is 0 Å². The van der Waals surface area contributed by atoms with Crippen molar-refractivity contribution in [3.8, 4) is 11.5 Å². The number of phenols is 2. The fourth-order valence-corrected chi connectivity index (χ4v) is 1.95. The Bertz CT molecular complexity index is 423. The lowest BCUT2D eigenvalue weighted by Crippen LogP contribution is -2.06. The molecule has 0 aliphatic carbocycles. The molecule has 0 fully saturated rings. The summed E-state index contributed by atoms with van der Waals surface area (Å²) < 4.78 is 27.1. The lowest BCUT2D eigenvalue weighted by atomic mass is 10.3. The van der Waals surface area contributed by atoms with Crippen molar-refractivity contribution in [2.45, 2.75) is 11.8 Å². The van der Waals surface area contributed by atoms with Gasteiger partial charge in [0.15, 0.2) is 0 Å². The second-order valence-corrected chi connectivity index (χ2v) is 4.10. The van der Waals surface area contributed by atoms with Crippen LogP contribution in [0.5, 0.6) is 11.5 Å². The average Bonchev–Trinajstić information content (AvgIpc) is 2.09. The van der Waals surface area contributed by atoms with Gasteiger partial charge in [-0.3, -0.25) is 4.18 Å². The molecule has 0 bridgehead atoms. The smallest absolute Gasteiger partial charge is 0.300 e. The van der Waals surface area contributed by atoms with E-state index in [1.54, 1.807) is 0 Å². The number of hydrogen-bond acceptors (Lipinski definition) is 5. The molecule has 78 valence electrons. The van der Waals surface area contributed by atoms with Crippen LogP contribution in [0.15, 0.2) is 23.1 Å². The molecule has 1 aromatic rings. The second kappa shape index (κ2) is 3.85. The van der Waals surface area contributed by atoms with Gasteiger partial charge in [-0.2, -0.15) is 8.42 Å². The predicted octanol–water partition coefficient (Wildman–Crippen LogP) is 0.823. The van der Waals surface area contributed by atoms with Gasteiger partial charge in [-0.15, -0.1) is 0 Å². The van der Waals surface area contributed by atoms with E-state index < -0.39 is 20.8 Å². The Hall–Kier alpha value is -1.27. The summed E-state index contributed by atoms with van der Waals surface area (Å²) in [6.07, 6.45) is 0. The number of benzene rings is 1. The molecule has 0 unspecified atom stereocenters. The predicted molar refractivity (Wildman–Crippen MR) is 48.6 cm³/mol. The molecule has 0 saturated heterocycles. The lowest BCUT2D eigenvalue weighted by molar-refractivity contribution is 0.334. The quantitative estimate of drug-likeness (QED) is 0.579. The summed E-state index contributed by atoms with van der Waals surface area (Å²) in [6, 6.07) is 3.20. The van der Waals surface area contributed by atoms with Crippen LogP contribution in [0.25, 0.3) is 0 Å². The van der Waals surface area contributed by atoms with E-state index in [0.717, 1.165) is 12.1 Å². The average molecular weight is 218 g/mol. The third-order valence-electron chi connectivity index (χ3n) is 1.49. The van der Waals surface area contributed by atoms with Crippen LogP contribution in [0.1, 0.15) is 6.92 Å². The third-order valence-corrected chi connectivity index (χ3v) is 2.90. The highest BCUT2D eigenvalue weighted by Gasteiger charge is 2.19. The van der Waals surface area contributed by atoms with E-state index in [-0.39, 0.29) is 12.4 Å². The molecule has 0 heterocycles. The van der Waals surface area contributed by atoms with Gasteiger partial charge in [0.2, 0.25) is 0 Å². The Morgan fingerprint density at radius 2 is 2.00 bits per heavy atom. The molecule has 0 radical (unpaired) electrons. The van der Waals surface area contributed by atoms with Crippen LogP contribution in [0.3, 0.4) is 0 Å². The SMILES string of the molecule is CCOS(=O)(=O)c1cc(O)ccc1O. The molecule has 6 heteroatoms. The molecule has 2 N–H and O–H groups in total. The third kappa shape index (κ3) is 2.15. The first-order valence-corrected chi connectivity index (χ1v) is 5.29. The molecule has 0 aliphatic rings. The molecule has 5 nitrogen and oxygen atoms in total. The molecule has 14 heavy (non-hydrogen) atoms. The zero-order chi connectivity index (χ0) is 10.8. The zero-order valence-electron chi connectivity index (χ0n) is 7.47. The van der Waals surface area contributed by atoms with Gasteiger partial charge in [-0.1, -0.05) is 0 Å². The summed E-state index contributed by atoms with van der Waals surface area (Å²) in [7, 11) is -3.97. The first-order valence-electron chi connectivity index (χ1n) is 3.89. The monoisotopic (exact) mass is 218 g/mol. The Labute approximate surface area is 81.7 Å². The zero-order valence-corrected chi connectivity index (χ0v) is 8.28. The molecular weight excluding hydrogens is 208 g/mol. The van der Waals surface area contributed by atoms with Crippen molar-refractivity contribution in [2.24, 2.45) is 0 Å². The van der Waals surface area contributed by atoms with Gasteiger partial charge in [0.25, 0.3) is 0 Å². The van der Waals surface area contributed by atoms with Gasteiger partial charge in [0.1, 0.15) is 16.4 Å². The summed E-state index contributed by atoms with van der Waals surface area (Å²) >= 11 is 0. The second-order valence-electron chi connectivity index (χ2n) is 2.51. The van der Waals surface area contributed by atoms with Gasteiger partial charge in [-0.25, -0.2) is 0 Å². The lowest BCUT2D eigenvalue weighted by Gasteiger charge is -2.05. The Morgan fingerprint density at radius 3 is 2.57 bits per heavy atom. The number of aromatic hydroxyl groups is 2. The maximum atomic E-state index is 11.3. The van der Waals surface area contributed by atoms with Gasteiger partial charge < -0.3 is 10.2 Å². The van der Waals surface area contributed by atoms with E-state index in [1.807, 2.05) is 0 Å². The Kier molecular flexibility index (Phi) is 2.97. The van der Waals surface area contributed by atoms with Crippen molar-refractivity contribution in [3.63, 3.8) is 0 Å². The van der Waals surface area contributed by atoms with Crippen LogP contribution < -0.4 is 0 Å². The minimum atomic E-state index is -3.97. The first kappa shape index (κ1) is 10.8. The van der Waals surface area contributed by atoms with Crippen molar-refractivity contribution in [2.75, 3.05) is 6.61 Å². The number of rotatable bonds is 3. The highest BCUT2D eigenvalue weighted by molar-refractivity contribution is 7.86. The Morgan fingerprint density at radius 1 is 1.36 bits per heavy atom. The van der Waals surface area contributed by atoms with Crippen molar-refractivity contribution in [1.82, 2.24) is 0 Å². The van der Waals surface area contributed by atoms with Crippen LogP contribution >= 0.6 is 0 Å². The molecule has 0 amide bonds. The first-order chi connectivity index (χ1) is 6.47. The van der Waals surface area contributed by atoms with Gasteiger partial charge in [0.05, 0.1) is 6.61 Å². The number of hydrogen-bond donors (Lipinski definition) is 2. The standard InChI is InChI=1S/C8H10O5S/c1-2-13-14(11,12)8-5-6(9)3-4-7(8)10/h3-5,9-10H,2H2,1H3. The summed E-state index contributed by atoms with van der Waals surface area (Å²) in [5.41, 5.74) is 0. The minimum Gasteiger partial charge on any atom is -0.508 e. The summed E-state index contributed by atoms with van der Waals surface area (Å²) in [5.74, 6) is -0.697. The van der Waals surface area contributed by atoms with E-state index in [0.29, 0.717) is 0 Å². The van der Waals surface area contributed by atoms with Crippen LogP contribution in [0.2, 0.25) is 0 Å². The Balaban J connectivity index is 3.25. The molecule has 0 atom stereocenters. The summed E-state index contributed by atoms with van der Waals surface area (Å²) in [6.45, 7) is 1.48. The van der Waals surface area contributed by atoms with E-state index in [1.165, 1.54) is 13.0 Å². The number of phenolic OH excluding ortho intramolecular Hbond substituents is 2. The van der Waals surface area contributed by atoms with Crippen molar-refractivity contribution >= 4 is 10.1 Å². The van der Waals surface area contributed by atoms with Crippen molar-refractivity contribution in [3.05, 3.63) is 18.2 Å². The fraction of sp³-hybridized carbons (Fsp3) is 0.250. The van der Waals surface area contributed by atoms with Crippen LogP contribution in [0, 0.1) is 0 Å². The van der Waals surface area contributed by atoms with Gasteiger partial charge >= 0.3 is 10.1 Å². The maximum absolute atomic E-state index is 11.3. The minimum absolute atomic E-state index is 0.0303. The van der Waals surface area contributed by atoms with Gasteiger partial charge in [0, 0.05) is 6.07 Å². The molecule has 0 saturated carbocycles. The molecule has 0 aliphatic heterocycles. The van der Waals surface area contributed by atoms with Crippen LogP contribution in [-0.4, -0.2) is 25.2 Å². The summed E-state index contributed by atoms with van der Waals surface area (Å²) in [5, 5.41) is 18.3. The van der Waals surface area contributed by atoms with E-state index in [4.69, 9.17) is 5.11 Å². The van der Waals surface area contributed by atoms with Crippen molar-refractivity contribution < 1.29 is 22.8 Å². The molecular formula is C8H10O5S. The molecule has 0 spiro atoms. The largest absolute Gasteiger partial charge is 0.508 e. The summed E-state index contributed by atoms with van der Waals surface area (Å²) in [4.78, 5) is -0.431. The molecule has 0 aromatic heterocycles. The normalized spacial score (nSPS) is 11.5. The highest BCUT2D eigenvalue weighted by Crippen LogP contribution is 2.27. The van der Waals surface area contributed by atoms with Crippen LogP contribution in [-0.2, 0) is 14.3 Å². The van der Waals surface area contributed by atoms with Crippen LogP contribution in [0.4, 0.5) is 0 Å². The topological polar surface area (TPSA) is 83.8 Å². The molecule has 1 aromatic carbocycles. The molecule has 1 rings (SSSR count). The van der Waals surface area contributed by atoms with Crippen molar-refractivity contribution in [1.29, 1.82) is 0 Å². The van der Waals surface area contributed by atoms with E-state index in [2.05, 4.69) is 4.18 Å². The highest BCUT2D eigenvalue weighted by atomic mass is 32.2.